The summed E-state index contributed by atoms with van der Waals surface area (Å²) in [7, 11) is 4.01. The van der Waals surface area contributed by atoms with Crippen LogP contribution in [0.25, 0.3) is 22.5 Å². The highest BCUT2D eigenvalue weighted by molar-refractivity contribution is 7.80. The summed E-state index contributed by atoms with van der Waals surface area (Å²) < 4.78 is 0. The Kier molecular flexibility index (Phi) is 8.45. The minimum absolute atomic E-state index is 0.0691. The fraction of sp³-hybridized carbons (Fsp3) is 0.467. The zero-order chi connectivity index (χ0) is 27.4. The minimum atomic E-state index is -0.109. The summed E-state index contributed by atoms with van der Waals surface area (Å²) in [6.07, 6.45) is 6.77. The number of H-pyrrole nitrogens is 1. The van der Waals surface area contributed by atoms with Crippen molar-refractivity contribution in [2.75, 3.05) is 14.1 Å². The molecule has 5 rings (SSSR count). The van der Waals surface area contributed by atoms with Crippen LogP contribution < -0.4 is 0 Å². The Hall–Kier alpha value is -3.46. The molecule has 2 aromatic carbocycles. The predicted octanol–water partition coefficient (Wildman–Crippen LogP) is 5.53. The molecule has 3 aromatic rings. The number of hydrogen-bond acceptors (Lipinski definition) is 6. The van der Waals surface area contributed by atoms with E-state index in [0.29, 0.717) is 12.4 Å². The van der Waals surface area contributed by atoms with Gasteiger partial charge in [-0.1, -0.05) is 80.5 Å². The molecule has 2 aliphatic rings. The molecule has 3 unspecified atom stereocenters. The second-order valence-corrected chi connectivity index (χ2v) is 11.2. The molecular weight excluding hydrogens is 506 g/mol. The molecule has 1 fully saturated rings. The van der Waals surface area contributed by atoms with E-state index in [1.165, 1.54) is 0 Å². The number of unbranched alkanes of at least 4 members (excludes halogenated alkanes) is 1. The Labute approximate surface area is 235 Å². The van der Waals surface area contributed by atoms with Crippen molar-refractivity contribution in [3.8, 4) is 22.5 Å². The maximum Gasteiger partial charge on any atom is 0.233 e. The van der Waals surface area contributed by atoms with Crippen molar-refractivity contribution in [1.29, 1.82) is 0 Å². The third kappa shape index (κ3) is 5.93. The van der Waals surface area contributed by atoms with E-state index >= 15 is 0 Å². The number of amides is 1. The summed E-state index contributed by atoms with van der Waals surface area (Å²) in [5, 5.41) is 14.6. The van der Waals surface area contributed by atoms with E-state index in [0.717, 1.165) is 78.0 Å². The van der Waals surface area contributed by atoms with Crippen LogP contribution in [0.2, 0.25) is 0 Å². The van der Waals surface area contributed by atoms with Gasteiger partial charge in [0.05, 0.1) is 23.5 Å². The molecule has 8 nitrogen and oxygen atoms in total. The molecule has 1 aliphatic carbocycles. The third-order valence-electron chi connectivity index (χ3n) is 7.93. The fourth-order valence-electron chi connectivity index (χ4n) is 5.84. The lowest BCUT2D eigenvalue weighted by molar-refractivity contribution is -0.134. The molecule has 204 valence electrons. The number of benzene rings is 2. The van der Waals surface area contributed by atoms with Crippen molar-refractivity contribution < 1.29 is 4.79 Å². The molecule has 0 saturated heterocycles. The fourth-order valence-corrected chi connectivity index (χ4v) is 6.05. The smallest absolute Gasteiger partial charge is 0.233 e. The standard InChI is InChI=1S/C30H37N7OS/c1-4-5-13-27-31-26-12-8-9-22(30(39)36(2)3)18-25(26)29(38)37(27)19-20-14-16-21(17-15-20)23-10-6-7-11-24(23)28-32-34-35-33-28/h6-7,10-11,14-17,22,25-26H,4-5,8-9,12-13,18-19H2,1-3H3,(H,32,33,34,35). The number of nitrogens with zero attached hydrogens (tertiary/aromatic N) is 6. The van der Waals surface area contributed by atoms with Crippen LogP contribution in [-0.4, -0.2) is 67.3 Å². The van der Waals surface area contributed by atoms with Crippen molar-refractivity contribution in [3.05, 3.63) is 54.1 Å². The van der Waals surface area contributed by atoms with Gasteiger partial charge < -0.3 is 4.90 Å². The van der Waals surface area contributed by atoms with E-state index in [1.807, 2.05) is 42.1 Å². The Balaban J connectivity index is 1.39. The van der Waals surface area contributed by atoms with Crippen LogP contribution in [-0.2, 0) is 11.3 Å². The highest BCUT2D eigenvalue weighted by atomic mass is 32.1. The predicted molar refractivity (Wildman–Crippen MR) is 158 cm³/mol. The molecule has 0 spiro atoms. The summed E-state index contributed by atoms with van der Waals surface area (Å²) in [5.41, 5.74) is 4.10. The zero-order valence-electron chi connectivity index (χ0n) is 23.0. The molecule has 1 amide bonds. The normalized spacial score (nSPS) is 21.2. The summed E-state index contributed by atoms with van der Waals surface area (Å²) >= 11 is 5.75. The molecule has 0 bridgehead atoms. The van der Waals surface area contributed by atoms with Crippen LogP contribution in [0, 0.1) is 11.8 Å². The highest BCUT2D eigenvalue weighted by Gasteiger charge is 2.41. The van der Waals surface area contributed by atoms with Gasteiger partial charge in [-0.3, -0.25) is 14.7 Å². The summed E-state index contributed by atoms with van der Waals surface area (Å²) in [4.78, 5) is 24.2. The molecule has 9 heteroatoms. The number of aliphatic imine (C=N–C) groups is 1. The SMILES string of the molecule is CCCCC1=NC2CCCC(C(=S)N(C)C)CC2C(=O)N1Cc1ccc(-c2ccccc2-c2nn[nH]n2)cc1. The number of amidine groups is 1. The number of rotatable bonds is 8. The van der Waals surface area contributed by atoms with Crippen molar-refractivity contribution in [2.45, 2.75) is 64.5 Å². The molecule has 0 radical (unpaired) electrons. The first-order valence-corrected chi connectivity index (χ1v) is 14.4. The van der Waals surface area contributed by atoms with E-state index in [-0.39, 0.29) is 23.8 Å². The lowest BCUT2D eigenvalue weighted by atomic mass is 9.87. The Morgan fingerprint density at radius 1 is 1.10 bits per heavy atom. The lowest BCUT2D eigenvalue weighted by Gasteiger charge is -2.37. The van der Waals surface area contributed by atoms with Gasteiger partial charge in [-0.2, -0.15) is 5.21 Å². The number of thiocarbonyl (C=S) groups is 1. The van der Waals surface area contributed by atoms with Crippen LogP contribution in [0.1, 0.15) is 57.4 Å². The van der Waals surface area contributed by atoms with E-state index in [1.54, 1.807) is 0 Å². The maximum atomic E-state index is 14.1. The van der Waals surface area contributed by atoms with Gasteiger partial charge in [0.15, 0.2) is 0 Å². The lowest BCUT2D eigenvalue weighted by Crippen LogP contribution is -2.49. The van der Waals surface area contributed by atoms with Gasteiger partial charge >= 0.3 is 0 Å². The van der Waals surface area contributed by atoms with Gasteiger partial charge in [0.2, 0.25) is 11.7 Å². The molecule has 1 aliphatic heterocycles. The first-order valence-electron chi connectivity index (χ1n) is 14.0. The zero-order valence-corrected chi connectivity index (χ0v) is 23.8. The van der Waals surface area contributed by atoms with E-state index in [9.17, 15) is 4.79 Å². The number of aromatic nitrogens is 4. The highest BCUT2D eigenvalue weighted by Crippen LogP contribution is 2.36. The molecule has 1 saturated carbocycles. The second-order valence-electron chi connectivity index (χ2n) is 10.8. The van der Waals surface area contributed by atoms with Gasteiger partial charge in [0.25, 0.3) is 0 Å². The molecule has 39 heavy (non-hydrogen) atoms. The number of hydrogen-bond donors (Lipinski definition) is 1. The number of carbonyl (C=O) groups excluding carboxylic acids is 1. The van der Waals surface area contributed by atoms with Crippen molar-refractivity contribution in [1.82, 2.24) is 30.4 Å². The van der Waals surface area contributed by atoms with Crippen molar-refractivity contribution >= 4 is 28.9 Å². The molecule has 2 heterocycles. The van der Waals surface area contributed by atoms with Crippen molar-refractivity contribution in [2.24, 2.45) is 16.8 Å². The monoisotopic (exact) mass is 543 g/mol. The number of tetrazole rings is 1. The summed E-state index contributed by atoms with van der Waals surface area (Å²) in [5.74, 6) is 1.86. The van der Waals surface area contributed by atoms with Gasteiger partial charge in [0.1, 0.15) is 5.84 Å². The second kappa shape index (κ2) is 12.2. The molecule has 1 aromatic heterocycles. The van der Waals surface area contributed by atoms with Crippen LogP contribution in [0.3, 0.4) is 0 Å². The van der Waals surface area contributed by atoms with Crippen LogP contribution >= 0.6 is 12.2 Å². The average molecular weight is 544 g/mol. The summed E-state index contributed by atoms with van der Waals surface area (Å²) in [6.45, 7) is 2.71. The Morgan fingerprint density at radius 2 is 1.87 bits per heavy atom. The maximum absolute atomic E-state index is 14.1. The van der Waals surface area contributed by atoms with Gasteiger partial charge in [0, 0.05) is 32.0 Å². The van der Waals surface area contributed by atoms with Gasteiger partial charge in [-0.25, -0.2) is 0 Å². The number of fused-ring (bicyclic) bond motifs is 1. The van der Waals surface area contributed by atoms with Crippen LogP contribution in [0.15, 0.2) is 53.5 Å². The first-order chi connectivity index (χ1) is 19.0. The Bertz CT molecular complexity index is 1320. The number of aromatic amines is 1. The third-order valence-corrected chi connectivity index (χ3v) is 8.63. The number of carbonyl (C=O) groups is 1. The largest absolute Gasteiger partial charge is 0.372 e. The van der Waals surface area contributed by atoms with E-state index in [4.69, 9.17) is 17.2 Å². The number of nitrogens with one attached hydrogen (secondary N) is 1. The average Bonchev–Trinajstić information content (AvgIpc) is 3.41. The molecule has 3 atom stereocenters. The molecular formula is C30H37N7OS. The Morgan fingerprint density at radius 3 is 2.56 bits per heavy atom. The molecule has 1 N–H and O–H groups in total. The topological polar surface area (TPSA) is 90.4 Å². The van der Waals surface area contributed by atoms with Gasteiger partial charge in [-0.15, -0.1) is 10.2 Å². The quantitative estimate of drug-likeness (QED) is 0.376. The van der Waals surface area contributed by atoms with Crippen molar-refractivity contribution in [3.63, 3.8) is 0 Å². The first kappa shape index (κ1) is 27.1. The van der Waals surface area contributed by atoms with E-state index in [2.05, 4.69) is 57.9 Å². The van der Waals surface area contributed by atoms with Crippen LogP contribution in [0.5, 0.6) is 0 Å². The summed E-state index contributed by atoms with van der Waals surface area (Å²) in [6, 6.07) is 16.5. The van der Waals surface area contributed by atoms with Crippen LogP contribution in [0.4, 0.5) is 0 Å². The van der Waals surface area contributed by atoms with Gasteiger partial charge in [-0.05, 0) is 47.6 Å². The minimum Gasteiger partial charge on any atom is -0.372 e. The van der Waals surface area contributed by atoms with E-state index < -0.39 is 0 Å².